The van der Waals surface area contributed by atoms with Crippen molar-refractivity contribution in [3.8, 4) is 17.6 Å². The van der Waals surface area contributed by atoms with Crippen molar-refractivity contribution in [2.45, 2.75) is 0 Å². The highest BCUT2D eigenvalue weighted by atomic mass is 16.7. The first-order valence-corrected chi connectivity index (χ1v) is 6.44. The number of allylic oxidation sites excluding steroid dienone is 1. The lowest BCUT2D eigenvalue weighted by molar-refractivity contribution is -0.384. The lowest BCUT2D eigenvalue weighted by Crippen LogP contribution is -1.93. The molecule has 2 aromatic rings. The van der Waals surface area contributed by atoms with Crippen LogP contribution in [0.15, 0.2) is 42.5 Å². The van der Waals surface area contributed by atoms with Gasteiger partial charge in [0.25, 0.3) is 5.69 Å². The Morgan fingerprint density at radius 1 is 1.23 bits per heavy atom. The summed E-state index contributed by atoms with van der Waals surface area (Å²) < 4.78 is 10.7. The van der Waals surface area contributed by atoms with E-state index < -0.39 is 4.92 Å². The van der Waals surface area contributed by atoms with Crippen molar-refractivity contribution < 1.29 is 14.4 Å². The largest absolute Gasteiger partial charge is 0.454 e. The highest BCUT2D eigenvalue weighted by Gasteiger charge is 2.16. The van der Waals surface area contributed by atoms with Gasteiger partial charge in [0.05, 0.1) is 16.6 Å². The lowest BCUT2D eigenvalue weighted by atomic mass is 10.0. The van der Waals surface area contributed by atoms with Gasteiger partial charge in [0.2, 0.25) is 6.79 Å². The van der Waals surface area contributed by atoms with E-state index in [2.05, 4.69) is 6.07 Å². The highest BCUT2D eigenvalue weighted by molar-refractivity contribution is 5.91. The average molecular weight is 294 g/mol. The Hall–Kier alpha value is -3.33. The first-order chi connectivity index (χ1) is 10.7. The van der Waals surface area contributed by atoms with Gasteiger partial charge in [-0.25, -0.2) is 0 Å². The number of non-ortho nitro benzene ring substituents is 1. The summed E-state index contributed by atoms with van der Waals surface area (Å²) in [4.78, 5) is 10.2. The zero-order chi connectivity index (χ0) is 15.5. The fourth-order valence-corrected chi connectivity index (χ4v) is 2.16. The molecule has 0 saturated heterocycles. The summed E-state index contributed by atoms with van der Waals surface area (Å²) in [5.74, 6) is 1.23. The molecule has 2 aromatic carbocycles. The van der Waals surface area contributed by atoms with E-state index in [1.54, 1.807) is 24.3 Å². The van der Waals surface area contributed by atoms with Crippen LogP contribution < -0.4 is 9.47 Å². The first kappa shape index (κ1) is 13.6. The van der Waals surface area contributed by atoms with E-state index in [0.717, 1.165) is 5.56 Å². The number of nitriles is 1. The normalized spacial score (nSPS) is 12.8. The van der Waals surface area contributed by atoms with E-state index in [-0.39, 0.29) is 12.5 Å². The second-order valence-electron chi connectivity index (χ2n) is 4.55. The highest BCUT2D eigenvalue weighted by Crippen LogP contribution is 2.37. The quantitative estimate of drug-likeness (QED) is 0.375. The van der Waals surface area contributed by atoms with Crippen LogP contribution in [-0.4, -0.2) is 11.7 Å². The SMILES string of the molecule is N#CC(=Cc1cccc2c1OCO2)c1ccc([N+](=O)[O-])cc1. The molecular weight excluding hydrogens is 284 g/mol. The molecule has 3 rings (SSSR count). The van der Waals surface area contributed by atoms with E-state index in [1.807, 2.05) is 12.1 Å². The van der Waals surface area contributed by atoms with Gasteiger partial charge in [-0.2, -0.15) is 5.26 Å². The number of para-hydroxylation sites is 1. The molecule has 6 nitrogen and oxygen atoms in total. The smallest absolute Gasteiger partial charge is 0.269 e. The second-order valence-corrected chi connectivity index (χ2v) is 4.55. The van der Waals surface area contributed by atoms with Gasteiger partial charge < -0.3 is 9.47 Å². The Morgan fingerprint density at radius 3 is 2.68 bits per heavy atom. The molecule has 0 unspecified atom stereocenters. The molecule has 0 fully saturated rings. The van der Waals surface area contributed by atoms with Crippen molar-refractivity contribution in [2.75, 3.05) is 6.79 Å². The third-order valence-corrected chi connectivity index (χ3v) is 3.24. The summed E-state index contributed by atoms with van der Waals surface area (Å²) in [6.45, 7) is 0.152. The molecule has 0 aromatic heterocycles. The van der Waals surface area contributed by atoms with E-state index in [4.69, 9.17) is 9.47 Å². The van der Waals surface area contributed by atoms with Crippen LogP contribution >= 0.6 is 0 Å². The number of hydrogen-bond acceptors (Lipinski definition) is 5. The fourth-order valence-electron chi connectivity index (χ4n) is 2.16. The van der Waals surface area contributed by atoms with Gasteiger partial charge >= 0.3 is 0 Å². The molecule has 0 radical (unpaired) electrons. The predicted octanol–water partition coefficient (Wildman–Crippen LogP) is 3.39. The molecule has 108 valence electrons. The van der Waals surface area contributed by atoms with Crippen molar-refractivity contribution in [3.05, 3.63) is 63.7 Å². The van der Waals surface area contributed by atoms with Crippen LogP contribution in [0.5, 0.6) is 11.5 Å². The van der Waals surface area contributed by atoms with E-state index in [0.29, 0.717) is 22.6 Å². The zero-order valence-corrected chi connectivity index (χ0v) is 11.4. The maximum atomic E-state index is 10.7. The molecule has 0 bridgehead atoms. The number of nitro benzene ring substituents is 1. The second kappa shape index (κ2) is 5.58. The van der Waals surface area contributed by atoms with Gasteiger partial charge in [0, 0.05) is 17.7 Å². The van der Waals surface area contributed by atoms with Gasteiger partial charge in [-0.3, -0.25) is 10.1 Å². The number of rotatable bonds is 3. The minimum Gasteiger partial charge on any atom is -0.454 e. The lowest BCUT2D eigenvalue weighted by Gasteiger charge is -2.03. The topological polar surface area (TPSA) is 85.4 Å². The minimum absolute atomic E-state index is 0.0154. The average Bonchev–Trinajstić information content (AvgIpc) is 3.02. The molecule has 0 spiro atoms. The molecule has 1 aliphatic heterocycles. The van der Waals surface area contributed by atoms with Gasteiger partial charge in [0.15, 0.2) is 11.5 Å². The third kappa shape index (κ3) is 2.47. The summed E-state index contributed by atoms with van der Waals surface area (Å²) in [5, 5.41) is 20.0. The number of hydrogen-bond donors (Lipinski definition) is 0. The molecule has 1 aliphatic rings. The molecule has 22 heavy (non-hydrogen) atoms. The van der Waals surface area contributed by atoms with Gasteiger partial charge in [-0.15, -0.1) is 0 Å². The summed E-state index contributed by atoms with van der Waals surface area (Å²) in [6, 6.07) is 13.4. The van der Waals surface area contributed by atoms with Gasteiger partial charge in [-0.1, -0.05) is 12.1 Å². The Labute approximate surface area is 126 Å². The van der Waals surface area contributed by atoms with Crippen LogP contribution in [-0.2, 0) is 0 Å². The van der Waals surface area contributed by atoms with Gasteiger partial charge in [0.1, 0.15) is 0 Å². The van der Waals surface area contributed by atoms with Crippen molar-refractivity contribution in [3.63, 3.8) is 0 Å². The minimum atomic E-state index is -0.477. The maximum absolute atomic E-state index is 10.7. The van der Waals surface area contributed by atoms with Crippen LogP contribution in [0.2, 0.25) is 0 Å². The molecule has 1 heterocycles. The van der Waals surface area contributed by atoms with Crippen molar-refractivity contribution in [1.82, 2.24) is 0 Å². The first-order valence-electron chi connectivity index (χ1n) is 6.44. The standard InChI is InChI=1S/C16H10N2O4/c17-9-13(11-4-6-14(7-5-11)18(19)20)8-12-2-1-3-15-16(12)22-10-21-15/h1-8H,10H2. The molecular formula is C16H10N2O4. The molecule has 0 N–H and O–H groups in total. The zero-order valence-electron chi connectivity index (χ0n) is 11.4. The molecule has 6 heteroatoms. The van der Waals surface area contributed by atoms with Crippen molar-refractivity contribution in [1.29, 1.82) is 5.26 Å². The summed E-state index contributed by atoms with van der Waals surface area (Å²) >= 11 is 0. The Bertz CT molecular complexity index is 804. The number of fused-ring (bicyclic) bond motifs is 1. The molecule has 0 atom stereocenters. The van der Waals surface area contributed by atoms with E-state index in [1.165, 1.54) is 12.1 Å². The Morgan fingerprint density at radius 2 is 2.00 bits per heavy atom. The number of ether oxygens (including phenoxy) is 2. The number of benzene rings is 2. The van der Waals surface area contributed by atoms with Crippen LogP contribution in [0, 0.1) is 21.4 Å². The van der Waals surface area contributed by atoms with Crippen LogP contribution in [0.25, 0.3) is 11.6 Å². The summed E-state index contributed by atoms with van der Waals surface area (Å²) in [6.07, 6.45) is 1.68. The molecule has 0 saturated carbocycles. The molecule has 0 aliphatic carbocycles. The Balaban J connectivity index is 2.00. The summed E-state index contributed by atoms with van der Waals surface area (Å²) in [5.41, 5.74) is 1.70. The van der Waals surface area contributed by atoms with Crippen LogP contribution in [0.4, 0.5) is 5.69 Å². The van der Waals surface area contributed by atoms with E-state index in [9.17, 15) is 15.4 Å². The monoisotopic (exact) mass is 294 g/mol. The predicted molar refractivity (Wildman–Crippen MR) is 79.1 cm³/mol. The Kier molecular flexibility index (Phi) is 3.46. The van der Waals surface area contributed by atoms with Gasteiger partial charge in [-0.05, 0) is 29.8 Å². The molecule has 0 amide bonds. The fraction of sp³-hybridized carbons (Fsp3) is 0.0625. The maximum Gasteiger partial charge on any atom is 0.269 e. The van der Waals surface area contributed by atoms with Crippen molar-refractivity contribution >= 4 is 17.3 Å². The van der Waals surface area contributed by atoms with Crippen molar-refractivity contribution in [2.24, 2.45) is 0 Å². The number of nitro groups is 1. The number of nitrogens with zero attached hydrogens (tertiary/aromatic N) is 2. The third-order valence-electron chi connectivity index (χ3n) is 3.24. The van der Waals surface area contributed by atoms with Crippen LogP contribution in [0.1, 0.15) is 11.1 Å². The summed E-state index contributed by atoms with van der Waals surface area (Å²) in [7, 11) is 0. The van der Waals surface area contributed by atoms with E-state index >= 15 is 0 Å². The van der Waals surface area contributed by atoms with Crippen LogP contribution in [0.3, 0.4) is 0 Å².